The summed E-state index contributed by atoms with van der Waals surface area (Å²) in [6.07, 6.45) is 3.04. The third-order valence-corrected chi connectivity index (χ3v) is 5.58. The molecule has 29 heavy (non-hydrogen) atoms. The molecule has 4 heterocycles. The second kappa shape index (κ2) is 7.77. The Morgan fingerprint density at radius 2 is 1.97 bits per heavy atom. The molecular weight excluding hydrogens is 374 g/mol. The van der Waals surface area contributed by atoms with Gasteiger partial charge in [0.25, 0.3) is 0 Å². The standard InChI is InChI=1S/C19H31N7O3/c1-11(2)25(7-5-6-20)8-12-14-15(29-19(3,4)28-14)18(27-12)26-10-24-13-16(21)22-9-23-17(13)26/h9-12,14-15,18H,5-8,20H2,1-4H3,(H2,21,22,23)/t12?,14-,15+,18?/m0/s1. The molecule has 2 aliphatic heterocycles. The molecule has 0 spiro atoms. The quantitative estimate of drug-likeness (QED) is 0.690. The van der Waals surface area contributed by atoms with E-state index in [-0.39, 0.29) is 18.3 Å². The SMILES string of the molecule is CC(C)N(CCCN)CC1OC(n2cnc3c(N)ncnc32)[C@@H]2OC(C)(C)O[C@@H]12. The first-order valence-electron chi connectivity index (χ1n) is 10.2. The van der Waals surface area contributed by atoms with E-state index >= 15 is 0 Å². The molecule has 0 aromatic carbocycles. The van der Waals surface area contributed by atoms with Crippen molar-refractivity contribution in [3.05, 3.63) is 12.7 Å². The Labute approximate surface area is 170 Å². The maximum atomic E-state index is 6.47. The van der Waals surface area contributed by atoms with E-state index in [1.807, 2.05) is 18.4 Å². The second-order valence-corrected chi connectivity index (χ2v) is 8.44. The minimum Gasteiger partial charge on any atom is -0.382 e. The number of aromatic nitrogens is 4. The lowest BCUT2D eigenvalue weighted by atomic mass is 10.1. The Hall–Kier alpha value is -1.85. The first-order valence-corrected chi connectivity index (χ1v) is 10.2. The zero-order valence-electron chi connectivity index (χ0n) is 17.5. The van der Waals surface area contributed by atoms with Gasteiger partial charge in [-0.15, -0.1) is 0 Å². The Bertz CT molecular complexity index is 855. The third kappa shape index (κ3) is 3.82. The molecule has 4 rings (SSSR count). The molecule has 10 nitrogen and oxygen atoms in total. The predicted octanol–water partition coefficient (Wildman–Crippen LogP) is 0.885. The van der Waals surface area contributed by atoms with Gasteiger partial charge in [0.15, 0.2) is 23.5 Å². The van der Waals surface area contributed by atoms with Crippen LogP contribution in [0.5, 0.6) is 0 Å². The van der Waals surface area contributed by atoms with Crippen molar-refractivity contribution in [3.63, 3.8) is 0 Å². The lowest BCUT2D eigenvalue weighted by molar-refractivity contribution is -0.198. The van der Waals surface area contributed by atoms with Crippen molar-refractivity contribution in [1.82, 2.24) is 24.4 Å². The molecule has 0 aliphatic carbocycles. The summed E-state index contributed by atoms with van der Waals surface area (Å²) in [5.74, 6) is -0.337. The van der Waals surface area contributed by atoms with Crippen LogP contribution in [-0.2, 0) is 14.2 Å². The van der Waals surface area contributed by atoms with Gasteiger partial charge in [-0.3, -0.25) is 9.47 Å². The molecule has 0 radical (unpaired) electrons. The molecule has 2 aromatic rings. The molecule has 2 unspecified atom stereocenters. The van der Waals surface area contributed by atoms with Crippen molar-refractivity contribution in [1.29, 1.82) is 0 Å². The van der Waals surface area contributed by atoms with E-state index in [0.717, 1.165) is 19.5 Å². The van der Waals surface area contributed by atoms with E-state index in [0.29, 0.717) is 29.6 Å². The third-order valence-electron chi connectivity index (χ3n) is 5.58. The maximum absolute atomic E-state index is 6.47. The highest BCUT2D eigenvalue weighted by molar-refractivity contribution is 5.81. The van der Waals surface area contributed by atoms with Gasteiger partial charge in [-0.05, 0) is 47.2 Å². The Kier molecular flexibility index (Phi) is 5.47. The second-order valence-electron chi connectivity index (χ2n) is 8.44. The molecule has 0 bridgehead atoms. The Morgan fingerprint density at radius 3 is 2.69 bits per heavy atom. The first kappa shape index (κ1) is 20.4. The number of imidazole rings is 1. The smallest absolute Gasteiger partial charge is 0.167 e. The Balaban J connectivity index is 1.63. The van der Waals surface area contributed by atoms with E-state index in [1.54, 1.807) is 6.33 Å². The van der Waals surface area contributed by atoms with E-state index in [2.05, 4.69) is 33.7 Å². The number of nitrogens with two attached hydrogens (primary N) is 2. The minimum absolute atomic E-state index is 0.149. The summed E-state index contributed by atoms with van der Waals surface area (Å²) >= 11 is 0. The summed E-state index contributed by atoms with van der Waals surface area (Å²) < 4.78 is 20.8. The molecule has 2 aromatic heterocycles. The number of nitrogen functional groups attached to an aromatic ring is 1. The van der Waals surface area contributed by atoms with Gasteiger partial charge in [-0.25, -0.2) is 15.0 Å². The van der Waals surface area contributed by atoms with Gasteiger partial charge in [0.1, 0.15) is 30.2 Å². The van der Waals surface area contributed by atoms with Crippen molar-refractivity contribution >= 4 is 17.0 Å². The van der Waals surface area contributed by atoms with Crippen LogP contribution in [-0.4, -0.2) is 74.2 Å². The lowest BCUT2D eigenvalue weighted by Crippen LogP contribution is -2.43. The fraction of sp³-hybridized carbons (Fsp3) is 0.737. The van der Waals surface area contributed by atoms with Gasteiger partial charge in [0.05, 0.1) is 6.33 Å². The molecular formula is C19H31N7O3. The highest BCUT2D eigenvalue weighted by atomic mass is 16.8. The van der Waals surface area contributed by atoms with E-state index in [9.17, 15) is 0 Å². The highest BCUT2D eigenvalue weighted by Gasteiger charge is 2.56. The van der Waals surface area contributed by atoms with Crippen molar-refractivity contribution < 1.29 is 14.2 Å². The zero-order chi connectivity index (χ0) is 20.8. The zero-order valence-corrected chi connectivity index (χ0v) is 17.5. The van der Waals surface area contributed by atoms with Crippen LogP contribution in [0.1, 0.15) is 40.3 Å². The fourth-order valence-corrected chi connectivity index (χ4v) is 4.17. The monoisotopic (exact) mass is 405 g/mol. The van der Waals surface area contributed by atoms with Gasteiger partial charge in [-0.2, -0.15) is 0 Å². The minimum atomic E-state index is -0.681. The van der Waals surface area contributed by atoms with Gasteiger partial charge in [0, 0.05) is 12.6 Å². The Morgan fingerprint density at radius 1 is 1.21 bits per heavy atom. The summed E-state index contributed by atoms with van der Waals surface area (Å²) in [5, 5.41) is 0. The van der Waals surface area contributed by atoms with Crippen LogP contribution in [0, 0.1) is 0 Å². The number of ether oxygens (including phenoxy) is 3. The number of hydrogen-bond donors (Lipinski definition) is 2. The summed E-state index contributed by atoms with van der Waals surface area (Å²) in [6.45, 7) is 10.5. The van der Waals surface area contributed by atoms with Gasteiger partial charge < -0.3 is 25.7 Å². The molecule has 0 amide bonds. The molecule has 2 fully saturated rings. The molecule has 160 valence electrons. The predicted molar refractivity (Wildman–Crippen MR) is 108 cm³/mol. The number of nitrogens with zero attached hydrogens (tertiary/aromatic N) is 5. The largest absolute Gasteiger partial charge is 0.382 e. The van der Waals surface area contributed by atoms with Crippen LogP contribution in [0.3, 0.4) is 0 Å². The summed E-state index contributed by atoms with van der Waals surface area (Å²) in [5.41, 5.74) is 12.9. The van der Waals surface area contributed by atoms with E-state index < -0.39 is 12.0 Å². The number of rotatable bonds is 7. The molecule has 0 saturated carbocycles. The van der Waals surface area contributed by atoms with Gasteiger partial charge >= 0.3 is 0 Å². The number of fused-ring (bicyclic) bond motifs is 2. The normalized spacial score (nSPS) is 28.7. The average molecular weight is 406 g/mol. The number of anilines is 1. The topological polar surface area (TPSA) is 127 Å². The fourth-order valence-electron chi connectivity index (χ4n) is 4.17. The van der Waals surface area contributed by atoms with Crippen LogP contribution in [0.4, 0.5) is 5.82 Å². The van der Waals surface area contributed by atoms with Crippen LogP contribution in [0.15, 0.2) is 12.7 Å². The van der Waals surface area contributed by atoms with Crippen molar-refractivity contribution in [2.45, 2.75) is 70.5 Å². The van der Waals surface area contributed by atoms with Crippen LogP contribution in [0.25, 0.3) is 11.2 Å². The van der Waals surface area contributed by atoms with E-state index in [1.165, 1.54) is 6.33 Å². The average Bonchev–Trinajstić information content (AvgIpc) is 3.30. The molecule has 4 N–H and O–H groups in total. The first-order chi connectivity index (χ1) is 13.8. The lowest BCUT2D eigenvalue weighted by Gasteiger charge is -2.31. The van der Waals surface area contributed by atoms with Crippen molar-refractivity contribution in [2.75, 3.05) is 25.4 Å². The molecule has 4 atom stereocenters. The van der Waals surface area contributed by atoms with Crippen molar-refractivity contribution in [2.24, 2.45) is 5.73 Å². The highest BCUT2D eigenvalue weighted by Crippen LogP contribution is 2.44. The van der Waals surface area contributed by atoms with Crippen LogP contribution in [0.2, 0.25) is 0 Å². The molecule has 2 saturated heterocycles. The van der Waals surface area contributed by atoms with Crippen LogP contribution < -0.4 is 11.5 Å². The summed E-state index contributed by atoms with van der Waals surface area (Å²) in [4.78, 5) is 15.1. The van der Waals surface area contributed by atoms with Crippen LogP contribution >= 0.6 is 0 Å². The number of hydrogen-bond acceptors (Lipinski definition) is 9. The summed E-state index contributed by atoms with van der Waals surface area (Å²) in [6, 6.07) is 0.375. The van der Waals surface area contributed by atoms with Gasteiger partial charge in [-0.1, -0.05) is 0 Å². The maximum Gasteiger partial charge on any atom is 0.167 e. The molecule has 2 aliphatic rings. The van der Waals surface area contributed by atoms with Crippen molar-refractivity contribution in [3.8, 4) is 0 Å². The van der Waals surface area contributed by atoms with Gasteiger partial charge in [0.2, 0.25) is 0 Å². The van der Waals surface area contributed by atoms with E-state index in [4.69, 9.17) is 25.7 Å². The molecule has 10 heteroatoms. The summed E-state index contributed by atoms with van der Waals surface area (Å²) in [7, 11) is 0.